The van der Waals surface area contributed by atoms with Crippen molar-refractivity contribution >= 4 is 11.8 Å². The van der Waals surface area contributed by atoms with Crippen LogP contribution < -0.4 is 5.32 Å². The van der Waals surface area contributed by atoms with Crippen LogP contribution in [0.2, 0.25) is 0 Å². The molecule has 0 bridgehead atoms. The minimum Gasteiger partial charge on any atom is -0.342 e. The van der Waals surface area contributed by atoms with Gasteiger partial charge < -0.3 is 15.1 Å². The molecule has 2 heterocycles. The van der Waals surface area contributed by atoms with Gasteiger partial charge in [-0.25, -0.2) is 4.39 Å². The van der Waals surface area contributed by atoms with E-state index in [0.717, 1.165) is 38.0 Å². The Kier molecular flexibility index (Phi) is 5.68. The number of amides is 2. The second-order valence-corrected chi connectivity index (χ2v) is 7.07. The molecule has 0 saturated carbocycles. The van der Waals surface area contributed by atoms with Gasteiger partial charge in [0.15, 0.2) is 0 Å². The number of carbonyl (C=O) groups excluding carboxylic acids is 2. The first-order chi connectivity index (χ1) is 12.0. The Morgan fingerprint density at radius 3 is 2.72 bits per heavy atom. The molecule has 0 spiro atoms. The molecule has 0 aliphatic carbocycles. The fourth-order valence-electron chi connectivity index (χ4n) is 3.70. The second kappa shape index (κ2) is 7.95. The number of piperazine rings is 1. The smallest absolute Gasteiger partial charge is 0.227 e. The number of rotatable bonds is 3. The van der Waals surface area contributed by atoms with E-state index in [1.54, 1.807) is 17.0 Å². The lowest BCUT2D eigenvalue weighted by Gasteiger charge is -2.39. The van der Waals surface area contributed by atoms with Crippen LogP contribution in [0.3, 0.4) is 0 Å². The quantitative estimate of drug-likeness (QED) is 0.900. The standard InChI is InChI=1S/C19H26FN3O2/c1-14-12-21-8-10-23(14)19(25)16-3-2-9-22(13-16)18(24)11-15-4-6-17(20)7-5-15/h4-7,14,16,21H,2-3,8-13H2,1H3/t14-,16?/m1/s1. The largest absolute Gasteiger partial charge is 0.342 e. The van der Waals surface area contributed by atoms with Crippen molar-refractivity contribution in [2.45, 2.75) is 32.2 Å². The van der Waals surface area contributed by atoms with Gasteiger partial charge in [-0.1, -0.05) is 12.1 Å². The summed E-state index contributed by atoms with van der Waals surface area (Å²) in [6.07, 6.45) is 1.95. The summed E-state index contributed by atoms with van der Waals surface area (Å²) in [5.41, 5.74) is 0.801. The van der Waals surface area contributed by atoms with Crippen LogP contribution in [-0.4, -0.2) is 60.4 Å². The monoisotopic (exact) mass is 347 g/mol. The highest BCUT2D eigenvalue weighted by molar-refractivity contribution is 5.82. The van der Waals surface area contributed by atoms with Gasteiger partial charge in [-0.2, -0.15) is 0 Å². The van der Waals surface area contributed by atoms with Crippen molar-refractivity contribution in [3.63, 3.8) is 0 Å². The molecule has 5 nitrogen and oxygen atoms in total. The Bertz CT molecular complexity index is 620. The maximum absolute atomic E-state index is 13.0. The number of hydrogen-bond acceptors (Lipinski definition) is 3. The van der Waals surface area contributed by atoms with E-state index < -0.39 is 0 Å². The van der Waals surface area contributed by atoms with Gasteiger partial charge in [-0.15, -0.1) is 0 Å². The van der Waals surface area contributed by atoms with Crippen LogP contribution in [0.1, 0.15) is 25.3 Å². The fourth-order valence-corrected chi connectivity index (χ4v) is 3.70. The van der Waals surface area contributed by atoms with E-state index in [-0.39, 0.29) is 36.0 Å². The molecular formula is C19H26FN3O2. The molecule has 0 radical (unpaired) electrons. The first kappa shape index (κ1) is 17.9. The number of nitrogens with zero attached hydrogens (tertiary/aromatic N) is 2. The van der Waals surface area contributed by atoms with Crippen LogP contribution in [0.5, 0.6) is 0 Å². The molecule has 6 heteroatoms. The molecule has 25 heavy (non-hydrogen) atoms. The van der Waals surface area contributed by atoms with Gasteiger partial charge in [0.25, 0.3) is 0 Å². The molecule has 2 aliphatic rings. The molecule has 1 aromatic rings. The average Bonchev–Trinajstić information content (AvgIpc) is 2.63. The SMILES string of the molecule is C[C@@H]1CNCCN1C(=O)C1CCCN(C(=O)Cc2ccc(F)cc2)C1. The lowest BCUT2D eigenvalue weighted by Crippen LogP contribution is -2.56. The van der Waals surface area contributed by atoms with Gasteiger partial charge in [-0.05, 0) is 37.5 Å². The fraction of sp³-hybridized carbons (Fsp3) is 0.579. The van der Waals surface area contributed by atoms with Crippen LogP contribution >= 0.6 is 0 Å². The lowest BCUT2D eigenvalue weighted by molar-refractivity contribution is -0.142. The van der Waals surface area contributed by atoms with Gasteiger partial charge in [0.1, 0.15) is 5.82 Å². The van der Waals surface area contributed by atoms with Gasteiger partial charge >= 0.3 is 0 Å². The Morgan fingerprint density at radius 2 is 2.00 bits per heavy atom. The number of carbonyl (C=O) groups is 2. The molecule has 1 aromatic carbocycles. The summed E-state index contributed by atoms with van der Waals surface area (Å²) in [5.74, 6) is -0.220. The van der Waals surface area contributed by atoms with Gasteiger partial charge in [-0.3, -0.25) is 9.59 Å². The molecule has 3 rings (SSSR count). The molecular weight excluding hydrogens is 321 g/mol. The van der Waals surface area contributed by atoms with Gasteiger partial charge in [0.05, 0.1) is 12.3 Å². The first-order valence-corrected chi connectivity index (χ1v) is 9.08. The summed E-state index contributed by atoms with van der Waals surface area (Å²) in [6.45, 7) is 5.64. The van der Waals surface area contributed by atoms with Crippen LogP contribution in [0, 0.1) is 11.7 Å². The average molecular weight is 347 g/mol. The molecule has 0 aromatic heterocycles. The summed E-state index contributed by atoms with van der Waals surface area (Å²) in [6, 6.07) is 6.23. The predicted molar refractivity (Wildman–Crippen MR) is 93.5 cm³/mol. The zero-order chi connectivity index (χ0) is 17.8. The van der Waals surface area contributed by atoms with E-state index >= 15 is 0 Å². The van der Waals surface area contributed by atoms with E-state index in [0.29, 0.717) is 13.1 Å². The summed E-state index contributed by atoms with van der Waals surface area (Å²) < 4.78 is 13.0. The molecule has 2 atom stereocenters. The summed E-state index contributed by atoms with van der Waals surface area (Å²) in [4.78, 5) is 29.2. The van der Waals surface area contributed by atoms with Crippen molar-refractivity contribution in [1.82, 2.24) is 15.1 Å². The van der Waals surface area contributed by atoms with Crippen molar-refractivity contribution in [1.29, 1.82) is 0 Å². The van der Waals surface area contributed by atoms with Crippen molar-refractivity contribution in [2.24, 2.45) is 5.92 Å². The number of benzene rings is 1. The third-order valence-electron chi connectivity index (χ3n) is 5.18. The van der Waals surface area contributed by atoms with Crippen LogP contribution in [-0.2, 0) is 16.0 Å². The molecule has 2 aliphatic heterocycles. The number of nitrogens with one attached hydrogen (secondary N) is 1. The topological polar surface area (TPSA) is 52.7 Å². The lowest BCUT2D eigenvalue weighted by atomic mass is 9.95. The maximum Gasteiger partial charge on any atom is 0.227 e. The summed E-state index contributed by atoms with van der Waals surface area (Å²) in [7, 11) is 0. The molecule has 2 saturated heterocycles. The van der Waals surface area contributed by atoms with Crippen molar-refractivity contribution in [3.8, 4) is 0 Å². The molecule has 2 fully saturated rings. The number of hydrogen-bond donors (Lipinski definition) is 1. The van der Waals surface area contributed by atoms with Gasteiger partial charge in [0, 0.05) is 38.8 Å². The van der Waals surface area contributed by atoms with Gasteiger partial charge in [0.2, 0.25) is 11.8 Å². The van der Waals surface area contributed by atoms with Crippen molar-refractivity contribution in [2.75, 3.05) is 32.7 Å². The Hall–Kier alpha value is -1.95. The Morgan fingerprint density at radius 1 is 1.24 bits per heavy atom. The van der Waals surface area contributed by atoms with Crippen molar-refractivity contribution < 1.29 is 14.0 Å². The van der Waals surface area contributed by atoms with Crippen LogP contribution in [0.15, 0.2) is 24.3 Å². The zero-order valence-electron chi connectivity index (χ0n) is 14.7. The minimum atomic E-state index is -0.301. The van der Waals surface area contributed by atoms with E-state index in [1.807, 2.05) is 4.90 Å². The number of likely N-dealkylation sites (tertiary alicyclic amines) is 1. The van der Waals surface area contributed by atoms with E-state index in [2.05, 4.69) is 12.2 Å². The third-order valence-corrected chi connectivity index (χ3v) is 5.18. The third kappa shape index (κ3) is 4.37. The minimum absolute atomic E-state index is 0.0115. The summed E-state index contributed by atoms with van der Waals surface area (Å²) in [5, 5.41) is 3.30. The summed E-state index contributed by atoms with van der Waals surface area (Å²) >= 11 is 0. The van der Waals surface area contributed by atoms with Crippen LogP contribution in [0.4, 0.5) is 4.39 Å². The molecule has 136 valence electrons. The highest BCUT2D eigenvalue weighted by Gasteiger charge is 2.33. The highest BCUT2D eigenvalue weighted by atomic mass is 19.1. The number of piperidine rings is 1. The predicted octanol–water partition coefficient (Wildman–Crippen LogP) is 1.43. The maximum atomic E-state index is 13.0. The van der Waals surface area contributed by atoms with E-state index in [4.69, 9.17) is 0 Å². The number of halogens is 1. The normalized spacial score (nSPS) is 24.2. The van der Waals surface area contributed by atoms with Crippen LogP contribution in [0.25, 0.3) is 0 Å². The van der Waals surface area contributed by atoms with Crippen molar-refractivity contribution in [3.05, 3.63) is 35.6 Å². The Balaban J connectivity index is 1.59. The molecule has 2 amide bonds. The Labute approximate surface area is 148 Å². The molecule has 1 N–H and O–H groups in total. The highest BCUT2D eigenvalue weighted by Crippen LogP contribution is 2.21. The second-order valence-electron chi connectivity index (χ2n) is 7.07. The van der Waals surface area contributed by atoms with E-state index in [9.17, 15) is 14.0 Å². The zero-order valence-corrected chi connectivity index (χ0v) is 14.7. The first-order valence-electron chi connectivity index (χ1n) is 9.08. The molecule has 1 unspecified atom stereocenters. The van der Waals surface area contributed by atoms with E-state index in [1.165, 1.54) is 12.1 Å².